The fraction of sp³-hybridized carbons (Fsp3) is 0.556. The first-order chi connectivity index (χ1) is 5.68. The van der Waals surface area contributed by atoms with E-state index in [1.807, 2.05) is 0 Å². The zero-order chi connectivity index (χ0) is 10.8. The Morgan fingerprint density at radius 1 is 0.846 bits per heavy atom. The Morgan fingerprint density at radius 2 is 1.23 bits per heavy atom. The van der Waals surface area contributed by atoms with Crippen molar-refractivity contribution in [3.8, 4) is 0 Å². The number of hydrogen-bond donors (Lipinski definition) is 0. The van der Waals surface area contributed by atoms with Gasteiger partial charge in [-0.3, -0.25) is 0 Å². The van der Waals surface area contributed by atoms with Gasteiger partial charge < -0.3 is 0 Å². The first-order valence-electron chi connectivity index (χ1n) is 3.76. The van der Waals surface area contributed by atoms with Crippen LogP contribution in [0.1, 0.15) is 27.7 Å². The van der Waals surface area contributed by atoms with Crippen molar-refractivity contribution in [2.24, 2.45) is 5.41 Å². The van der Waals surface area contributed by atoms with Gasteiger partial charge in [-0.15, -0.1) is 0 Å². The highest BCUT2D eigenvalue weighted by atomic mass is 19.2. The zero-order valence-electron chi connectivity index (χ0n) is 8.01. The van der Waals surface area contributed by atoms with Gasteiger partial charge in [-0.2, -0.15) is 0 Å². The highest BCUT2D eigenvalue weighted by Crippen LogP contribution is 2.33. The molecular formula is C9H12F4. The highest BCUT2D eigenvalue weighted by molar-refractivity contribution is 5.25. The minimum absolute atomic E-state index is 0.727. The molecule has 0 atom stereocenters. The maximum atomic E-state index is 13.0. The molecular weight excluding hydrogens is 184 g/mol. The van der Waals surface area contributed by atoms with Crippen molar-refractivity contribution in [2.45, 2.75) is 27.7 Å². The van der Waals surface area contributed by atoms with Gasteiger partial charge >= 0.3 is 0 Å². The standard InChI is InChI=1S/C9H12F4/c1-5(10)6(11)7(12)8(13)9(2,3)4/h1-4H3/b6-5+,8-7+. The third kappa shape index (κ3) is 3.20. The summed E-state index contributed by atoms with van der Waals surface area (Å²) >= 11 is 0. The normalized spacial score (nSPS) is 16.6. The van der Waals surface area contributed by atoms with Gasteiger partial charge in [0.1, 0.15) is 11.7 Å². The van der Waals surface area contributed by atoms with Gasteiger partial charge in [-0.05, 0) is 6.92 Å². The molecule has 0 aliphatic heterocycles. The molecule has 0 fully saturated rings. The second-order valence-corrected chi connectivity index (χ2v) is 3.73. The molecule has 0 unspecified atom stereocenters. The van der Waals surface area contributed by atoms with Crippen LogP contribution in [0.5, 0.6) is 0 Å². The van der Waals surface area contributed by atoms with Crippen molar-refractivity contribution in [2.75, 3.05) is 0 Å². The molecule has 0 heterocycles. The van der Waals surface area contributed by atoms with Crippen LogP contribution in [0.3, 0.4) is 0 Å². The van der Waals surface area contributed by atoms with Crippen LogP contribution in [-0.4, -0.2) is 0 Å². The van der Waals surface area contributed by atoms with Crippen molar-refractivity contribution < 1.29 is 17.6 Å². The fourth-order valence-electron chi connectivity index (χ4n) is 0.577. The van der Waals surface area contributed by atoms with Gasteiger partial charge in [-0.1, -0.05) is 20.8 Å². The summed E-state index contributed by atoms with van der Waals surface area (Å²) < 4.78 is 50.4. The van der Waals surface area contributed by atoms with Crippen LogP contribution >= 0.6 is 0 Å². The van der Waals surface area contributed by atoms with Crippen molar-refractivity contribution in [1.82, 2.24) is 0 Å². The molecule has 0 bridgehead atoms. The smallest absolute Gasteiger partial charge is 0.193 e. The van der Waals surface area contributed by atoms with Gasteiger partial charge in [0.15, 0.2) is 11.7 Å². The minimum Gasteiger partial charge on any atom is -0.209 e. The molecule has 0 aliphatic rings. The van der Waals surface area contributed by atoms with E-state index >= 15 is 0 Å². The molecule has 0 N–H and O–H groups in total. The quantitative estimate of drug-likeness (QED) is 0.432. The summed E-state index contributed by atoms with van der Waals surface area (Å²) in [7, 11) is 0. The zero-order valence-corrected chi connectivity index (χ0v) is 8.01. The van der Waals surface area contributed by atoms with Crippen molar-refractivity contribution in [1.29, 1.82) is 0 Å². The lowest BCUT2D eigenvalue weighted by atomic mass is 9.94. The van der Waals surface area contributed by atoms with E-state index in [1.165, 1.54) is 20.8 Å². The number of halogens is 4. The van der Waals surface area contributed by atoms with Crippen molar-refractivity contribution >= 4 is 0 Å². The van der Waals surface area contributed by atoms with Gasteiger partial charge in [0.25, 0.3) is 0 Å². The van der Waals surface area contributed by atoms with E-state index in [4.69, 9.17) is 0 Å². The monoisotopic (exact) mass is 196 g/mol. The fourth-order valence-corrected chi connectivity index (χ4v) is 0.577. The van der Waals surface area contributed by atoms with Crippen LogP contribution in [0.4, 0.5) is 17.6 Å². The van der Waals surface area contributed by atoms with Gasteiger partial charge in [0.2, 0.25) is 0 Å². The predicted octanol–water partition coefficient (Wildman–Crippen LogP) is 4.35. The second kappa shape index (κ2) is 3.94. The molecule has 0 radical (unpaired) electrons. The lowest BCUT2D eigenvalue weighted by Crippen LogP contribution is -2.07. The lowest BCUT2D eigenvalue weighted by molar-refractivity contribution is 0.346. The molecule has 0 aliphatic carbocycles. The molecule has 76 valence electrons. The largest absolute Gasteiger partial charge is 0.209 e. The summed E-state index contributed by atoms with van der Waals surface area (Å²) in [6, 6.07) is 0. The molecule has 0 aromatic heterocycles. The van der Waals surface area contributed by atoms with Crippen LogP contribution < -0.4 is 0 Å². The van der Waals surface area contributed by atoms with Crippen LogP contribution in [0.2, 0.25) is 0 Å². The summed E-state index contributed by atoms with van der Waals surface area (Å²) in [5.41, 5.74) is -1.16. The molecule has 0 aromatic rings. The van der Waals surface area contributed by atoms with Gasteiger partial charge in [0, 0.05) is 5.41 Å². The van der Waals surface area contributed by atoms with E-state index < -0.39 is 28.7 Å². The maximum absolute atomic E-state index is 13.0. The third-order valence-electron chi connectivity index (χ3n) is 1.35. The summed E-state index contributed by atoms with van der Waals surface area (Å²) in [6.07, 6.45) is 0. The number of rotatable bonds is 1. The molecule has 13 heavy (non-hydrogen) atoms. The minimum atomic E-state index is -1.77. The topological polar surface area (TPSA) is 0 Å². The molecule has 0 saturated heterocycles. The van der Waals surface area contributed by atoms with E-state index in [-0.39, 0.29) is 0 Å². The summed E-state index contributed by atoms with van der Waals surface area (Å²) in [5.74, 6) is -6.18. The van der Waals surface area contributed by atoms with Crippen LogP contribution in [0.15, 0.2) is 23.3 Å². The molecule has 0 amide bonds. The van der Waals surface area contributed by atoms with Gasteiger partial charge in [-0.25, -0.2) is 17.6 Å². The third-order valence-corrected chi connectivity index (χ3v) is 1.35. The van der Waals surface area contributed by atoms with Crippen LogP contribution in [-0.2, 0) is 0 Å². The summed E-state index contributed by atoms with van der Waals surface area (Å²) in [6.45, 7) is 4.82. The first-order valence-corrected chi connectivity index (χ1v) is 3.76. The van der Waals surface area contributed by atoms with E-state index in [1.54, 1.807) is 0 Å². The average molecular weight is 196 g/mol. The Morgan fingerprint density at radius 3 is 1.46 bits per heavy atom. The van der Waals surface area contributed by atoms with E-state index in [0.29, 0.717) is 0 Å². The first kappa shape index (κ1) is 12.2. The van der Waals surface area contributed by atoms with E-state index in [9.17, 15) is 17.6 Å². The molecule has 0 rings (SSSR count). The molecule has 0 spiro atoms. The van der Waals surface area contributed by atoms with Crippen LogP contribution in [0, 0.1) is 5.41 Å². The average Bonchev–Trinajstić information content (AvgIpc) is 1.98. The van der Waals surface area contributed by atoms with Gasteiger partial charge in [0.05, 0.1) is 0 Å². The molecule has 4 heteroatoms. The number of allylic oxidation sites excluding steroid dienone is 4. The van der Waals surface area contributed by atoms with Crippen molar-refractivity contribution in [3.63, 3.8) is 0 Å². The predicted molar refractivity (Wildman–Crippen MR) is 43.6 cm³/mol. The lowest BCUT2D eigenvalue weighted by Gasteiger charge is -2.15. The molecule has 0 aromatic carbocycles. The Hall–Kier alpha value is -0.800. The highest BCUT2D eigenvalue weighted by Gasteiger charge is 2.25. The second-order valence-electron chi connectivity index (χ2n) is 3.73. The van der Waals surface area contributed by atoms with E-state index in [0.717, 1.165) is 6.92 Å². The maximum Gasteiger partial charge on any atom is 0.193 e. The SMILES string of the molecule is C/C(F)=C(F)/C(F)=C(\F)C(C)(C)C. The van der Waals surface area contributed by atoms with Crippen molar-refractivity contribution in [3.05, 3.63) is 23.3 Å². The Kier molecular flexibility index (Phi) is 3.70. The number of hydrogen-bond acceptors (Lipinski definition) is 0. The summed E-state index contributed by atoms with van der Waals surface area (Å²) in [5, 5.41) is 0. The molecule has 0 nitrogen and oxygen atoms in total. The summed E-state index contributed by atoms with van der Waals surface area (Å²) in [4.78, 5) is 0. The Labute approximate surface area is 74.9 Å². The Balaban J connectivity index is 5.18. The van der Waals surface area contributed by atoms with Crippen LogP contribution in [0.25, 0.3) is 0 Å². The molecule has 0 saturated carbocycles. The Bertz CT molecular complexity index is 251. The van der Waals surface area contributed by atoms with E-state index in [2.05, 4.69) is 0 Å².